The van der Waals surface area contributed by atoms with E-state index in [1.807, 2.05) is 0 Å². The van der Waals surface area contributed by atoms with Gasteiger partial charge in [-0.3, -0.25) is 9.69 Å². The van der Waals surface area contributed by atoms with Crippen molar-refractivity contribution in [3.05, 3.63) is 11.4 Å². The van der Waals surface area contributed by atoms with Gasteiger partial charge in [0.25, 0.3) is 0 Å². The number of piperidine rings is 1. The molecule has 2 aliphatic rings. The summed E-state index contributed by atoms with van der Waals surface area (Å²) in [6.45, 7) is 6.69. The lowest BCUT2D eigenvalue weighted by Crippen LogP contribution is -2.51. The molecule has 0 N–H and O–H groups in total. The average molecular weight is 466 g/mol. The van der Waals surface area contributed by atoms with Crippen molar-refractivity contribution in [3.8, 4) is 0 Å². The number of likely N-dealkylation sites (tertiary alicyclic amines) is 2. The Bertz CT molecular complexity index is 915. The summed E-state index contributed by atoms with van der Waals surface area (Å²) in [4.78, 5) is 53.2. The van der Waals surface area contributed by atoms with Crippen LogP contribution >= 0.6 is 0 Å². The number of hydrogen-bond donors (Lipinski definition) is 0. The molecular weight excluding hydrogens is 434 g/mol. The molecule has 2 aliphatic heterocycles. The van der Waals surface area contributed by atoms with Gasteiger partial charge in [-0.15, -0.1) is 5.10 Å². The maximum Gasteiger partial charge on any atom is 0.410 e. The van der Waals surface area contributed by atoms with Crippen LogP contribution in [0.3, 0.4) is 0 Å². The number of carbonyl (C=O) groups is 4. The number of aromatic nitrogens is 3. The molecule has 0 radical (unpaired) electrons. The second-order valence-corrected chi connectivity index (χ2v) is 9.10. The highest BCUT2D eigenvalue weighted by Gasteiger charge is 2.40. The molecular formula is C21H31N5O7. The second-order valence-electron chi connectivity index (χ2n) is 9.10. The first-order valence-electron chi connectivity index (χ1n) is 11.0. The first kappa shape index (κ1) is 24.5. The summed E-state index contributed by atoms with van der Waals surface area (Å²) in [5.74, 6) is -1.63. The van der Waals surface area contributed by atoms with Crippen molar-refractivity contribution < 1.29 is 33.4 Å². The van der Waals surface area contributed by atoms with Gasteiger partial charge in [-0.1, -0.05) is 5.21 Å². The van der Waals surface area contributed by atoms with Gasteiger partial charge in [0.2, 0.25) is 11.6 Å². The number of amides is 2. The minimum Gasteiger partial charge on any atom is -0.464 e. The molecule has 1 aromatic rings. The van der Waals surface area contributed by atoms with Crippen molar-refractivity contribution in [2.45, 2.75) is 64.1 Å². The van der Waals surface area contributed by atoms with E-state index in [1.54, 1.807) is 25.7 Å². The third kappa shape index (κ3) is 5.25. The molecule has 1 unspecified atom stereocenters. The van der Waals surface area contributed by atoms with E-state index >= 15 is 0 Å². The van der Waals surface area contributed by atoms with Gasteiger partial charge >= 0.3 is 18.0 Å². The van der Waals surface area contributed by atoms with Crippen LogP contribution in [0.1, 0.15) is 73.5 Å². The molecule has 0 aromatic carbocycles. The molecule has 0 aliphatic carbocycles. The lowest BCUT2D eigenvalue weighted by atomic mass is 10.0. The minimum absolute atomic E-state index is 0.0685. The van der Waals surface area contributed by atoms with E-state index in [1.165, 1.54) is 23.8 Å². The summed E-state index contributed by atoms with van der Waals surface area (Å²) in [6.07, 6.45) is 1.85. The molecule has 2 fully saturated rings. The zero-order valence-corrected chi connectivity index (χ0v) is 19.7. The molecule has 0 bridgehead atoms. The number of nitrogens with zero attached hydrogens (tertiary/aromatic N) is 5. The molecule has 2 saturated heterocycles. The number of carbonyl (C=O) groups excluding carboxylic acids is 4. The highest BCUT2D eigenvalue weighted by atomic mass is 16.6. The van der Waals surface area contributed by atoms with Crippen molar-refractivity contribution in [2.24, 2.45) is 0 Å². The second kappa shape index (κ2) is 9.75. The fourth-order valence-electron chi connectivity index (χ4n) is 4.17. The molecule has 1 atom stereocenters. The van der Waals surface area contributed by atoms with Crippen molar-refractivity contribution in [1.82, 2.24) is 24.8 Å². The first-order chi connectivity index (χ1) is 15.6. The molecule has 3 rings (SSSR count). The van der Waals surface area contributed by atoms with Gasteiger partial charge in [-0.2, -0.15) is 0 Å². The Morgan fingerprint density at radius 2 is 1.58 bits per heavy atom. The van der Waals surface area contributed by atoms with Gasteiger partial charge < -0.3 is 19.1 Å². The van der Waals surface area contributed by atoms with E-state index in [2.05, 4.69) is 15.0 Å². The van der Waals surface area contributed by atoms with Crippen LogP contribution in [0, 0.1) is 0 Å². The number of ether oxygens (including phenoxy) is 3. The Kier molecular flexibility index (Phi) is 7.23. The summed E-state index contributed by atoms with van der Waals surface area (Å²) in [7, 11) is 2.40. The Labute approximate surface area is 192 Å². The van der Waals surface area contributed by atoms with E-state index in [0.717, 1.165) is 6.42 Å². The van der Waals surface area contributed by atoms with E-state index in [4.69, 9.17) is 9.47 Å². The SMILES string of the molecule is COC(=O)c1nnn(C2CCN(C(=O)C3CCCN3C(=O)OC(C)(C)C)CC2)c1C(=O)OC. The smallest absolute Gasteiger partial charge is 0.410 e. The molecule has 33 heavy (non-hydrogen) atoms. The number of esters is 2. The lowest BCUT2D eigenvalue weighted by molar-refractivity contribution is -0.137. The highest BCUT2D eigenvalue weighted by Crippen LogP contribution is 2.28. The number of rotatable bonds is 4. The van der Waals surface area contributed by atoms with Gasteiger partial charge in [0.1, 0.15) is 11.6 Å². The fourth-order valence-corrected chi connectivity index (χ4v) is 4.17. The van der Waals surface area contributed by atoms with Crippen LogP contribution < -0.4 is 0 Å². The molecule has 0 saturated carbocycles. The predicted molar refractivity (Wildman–Crippen MR) is 114 cm³/mol. The Morgan fingerprint density at radius 1 is 0.939 bits per heavy atom. The summed E-state index contributed by atoms with van der Waals surface area (Å²) in [5.41, 5.74) is -0.910. The maximum absolute atomic E-state index is 13.2. The quantitative estimate of drug-likeness (QED) is 0.478. The lowest BCUT2D eigenvalue weighted by Gasteiger charge is -2.36. The van der Waals surface area contributed by atoms with Crippen LogP contribution in [-0.4, -0.2) is 94.2 Å². The highest BCUT2D eigenvalue weighted by molar-refractivity contribution is 6.00. The fraction of sp³-hybridized carbons (Fsp3) is 0.714. The van der Waals surface area contributed by atoms with Crippen LogP contribution in [0.4, 0.5) is 4.79 Å². The zero-order valence-electron chi connectivity index (χ0n) is 19.7. The largest absolute Gasteiger partial charge is 0.464 e. The third-order valence-electron chi connectivity index (χ3n) is 5.74. The monoisotopic (exact) mass is 465 g/mol. The molecule has 0 spiro atoms. The topological polar surface area (TPSA) is 133 Å². The molecule has 1 aromatic heterocycles. The normalized spacial score (nSPS) is 19.4. The van der Waals surface area contributed by atoms with Crippen molar-refractivity contribution in [1.29, 1.82) is 0 Å². The van der Waals surface area contributed by atoms with Gasteiger partial charge in [0, 0.05) is 19.6 Å². The Hall–Kier alpha value is -3.18. The van der Waals surface area contributed by atoms with Crippen molar-refractivity contribution in [2.75, 3.05) is 33.9 Å². The van der Waals surface area contributed by atoms with E-state index in [-0.39, 0.29) is 23.3 Å². The molecule has 12 heteroatoms. The number of methoxy groups -OCH3 is 2. The van der Waals surface area contributed by atoms with Gasteiger partial charge in [-0.25, -0.2) is 19.1 Å². The van der Waals surface area contributed by atoms with Crippen molar-refractivity contribution >= 4 is 23.9 Å². The maximum atomic E-state index is 13.2. The van der Waals surface area contributed by atoms with E-state index in [0.29, 0.717) is 38.9 Å². The summed E-state index contributed by atoms with van der Waals surface area (Å²) in [5, 5.41) is 7.79. The van der Waals surface area contributed by atoms with Gasteiger partial charge in [-0.05, 0) is 46.5 Å². The predicted octanol–water partition coefficient (Wildman–Crippen LogP) is 1.41. The van der Waals surface area contributed by atoms with Crippen LogP contribution in [-0.2, 0) is 19.0 Å². The number of hydrogen-bond acceptors (Lipinski definition) is 9. The minimum atomic E-state index is -0.780. The van der Waals surface area contributed by atoms with Crippen LogP contribution in [0.25, 0.3) is 0 Å². The molecule has 2 amide bonds. The third-order valence-corrected chi connectivity index (χ3v) is 5.74. The molecule has 3 heterocycles. The van der Waals surface area contributed by atoms with Gasteiger partial charge in [0.15, 0.2) is 5.69 Å². The Balaban J connectivity index is 1.68. The summed E-state index contributed by atoms with van der Waals surface area (Å²) < 4.78 is 16.3. The zero-order chi connectivity index (χ0) is 24.3. The Morgan fingerprint density at radius 3 is 2.15 bits per heavy atom. The van der Waals surface area contributed by atoms with Crippen LogP contribution in [0.2, 0.25) is 0 Å². The summed E-state index contributed by atoms with van der Waals surface area (Å²) in [6, 6.07) is -0.793. The van der Waals surface area contributed by atoms with E-state index in [9.17, 15) is 19.2 Å². The van der Waals surface area contributed by atoms with Gasteiger partial charge in [0.05, 0.1) is 20.3 Å². The standard InChI is InChI=1S/C21H31N5O7/c1-21(2,3)33-20(30)25-10-6-7-14(25)17(27)24-11-8-13(9-12-24)26-16(19(29)32-5)15(22-23-26)18(28)31-4/h13-14H,6-12H2,1-5H3. The van der Waals surface area contributed by atoms with Crippen molar-refractivity contribution in [3.63, 3.8) is 0 Å². The molecule has 12 nitrogen and oxygen atoms in total. The van der Waals surface area contributed by atoms with E-state index < -0.39 is 29.7 Å². The van der Waals surface area contributed by atoms with Crippen LogP contribution in [0.5, 0.6) is 0 Å². The first-order valence-corrected chi connectivity index (χ1v) is 11.0. The molecule has 182 valence electrons. The average Bonchev–Trinajstić information content (AvgIpc) is 3.44. The van der Waals surface area contributed by atoms with Crippen LogP contribution in [0.15, 0.2) is 0 Å². The summed E-state index contributed by atoms with van der Waals surface area (Å²) >= 11 is 0.